The third-order valence-electron chi connectivity index (χ3n) is 5.38. The molecular weight excluding hydrogens is 388 g/mol. The number of nitriles is 2. The van der Waals surface area contributed by atoms with E-state index in [9.17, 15) is 0 Å². The lowest BCUT2D eigenvalue weighted by Crippen LogP contribution is -2.32. The molecule has 0 unspecified atom stereocenters. The molecule has 0 spiro atoms. The number of hydrogen-bond acceptors (Lipinski definition) is 6. The topological polar surface area (TPSA) is 72.5 Å². The van der Waals surface area contributed by atoms with E-state index in [1.807, 2.05) is 24.3 Å². The summed E-state index contributed by atoms with van der Waals surface area (Å²) in [6.07, 6.45) is 3.13. The molecule has 1 aliphatic rings. The Labute approximate surface area is 185 Å². The Balaban J connectivity index is 1.28. The fourth-order valence-corrected chi connectivity index (χ4v) is 3.74. The first-order valence-corrected chi connectivity index (χ1v) is 11.0. The lowest BCUT2D eigenvalue weighted by molar-refractivity contribution is 0.221. The fourth-order valence-electron chi connectivity index (χ4n) is 3.74. The molecule has 1 aliphatic heterocycles. The summed E-state index contributed by atoms with van der Waals surface area (Å²) >= 11 is 0. The van der Waals surface area contributed by atoms with E-state index in [0.717, 1.165) is 63.6 Å². The Kier molecular flexibility index (Phi) is 9.19. The lowest BCUT2D eigenvalue weighted by Gasteiger charge is -2.21. The van der Waals surface area contributed by atoms with Crippen LogP contribution < -0.4 is 9.47 Å². The highest BCUT2D eigenvalue weighted by atomic mass is 16.5. The van der Waals surface area contributed by atoms with Gasteiger partial charge in [0.25, 0.3) is 0 Å². The second-order valence-electron chi connectivity index (χ2n) is 7.72. The Bertz CT molecular complexity index is 829. The second-order valence-corrected chi connectivity index (χ2v) is 7.72. The largest absolute Gasteiger partial charge is 0.494 e. The fraction of sp³-hybridized carbons (Fsp3) is 0.440. The van der Waals surface area contributed by atoms with E-state index in [4.69, 9.17) is 20.0 Å². The molecule has 1 heterocycles. The van der Waals surface area contributed by atoms with Crippen molar-refractivity contribution in [2.75, 3.05) is 52.5 Å². The summed E-state index contributed by atoms with van der Waals surface area (Å²) in [4.78, 5) is 5.03. The van der Waals surface area contributed by atoms with Gasteiger partial charge in [0.2, 0.25) is 0 Å². The molecule has 1 fully saturated rings. The zero-order valence-corrected chi connectivity index (χ0v) is 18.0. The SMILES string of the molecule is N#Cc1cccc(OCCCN2CCCN(CCCOc3cccc(C#N)c3)CC2)c1. The van der Waals surface area contributed by atoms with Crippen molar-refractivity contribution in [3.63, 3.8) is 0 Å². The van der Waals surface area contributed by atoms with Crippen molar-refractivity contribution in [2.45, 2.75) is 19.3 Å². The highest BCUT2D eigenvalue weighted by Crippen LogP contribution is 2.14. The van der Waals surface area contributed by atoms with Crippen molar-refractivity contribution < 1.29 is 9.47 Å². The summed E-state index contributed by atoms with van der Waals surface area (Å²) in [6.45, 7) is 7.80. The highest BCUT2D eigenvalue weighted by molar-refractivity contribution is 5.36. The van der Waals surface area contributed by atoms with Crippen LogP contribution in [0.1, 0.15) is 30.4 Å². The standard InChI is InChI=1S/C25H30N4O2/c26-20-22-6-1-8-24(18-22)30-16-4-12-28-10-3-11-29(15-14-28)13-5-17-31-25-9-2-7-23(19-25)21-27/h1-2,6-9,18-19H,3-5,10-17H2. The molecule has 2 aromatic rings. The van der Waals surface area contributed by atoms with Gasteiger partial charge in [0.05, 0.1) is 36.5 Å². The number of hydrogen-bond donors (Lipinski definition) is 0. The Morgan fingerprint density at radius 3 is 1.65 bits per heavy atom. The van der Waals surface area contributed by atoms with E-state index < -0.39 is 0 Å². The summed E-state index contributed by atoms with van der Waals surface area (Å²) < 4.78 is 11.6. The van der Waals surface area contributed by atoms with Gasteiger partial charge in [-0.1, -0.05) is 12.1 Å². The van der Waals surface area contributed by atoms with E-state index in [0.29, 0.717) is 24.3 Å². The van der Waals surface area contributed by atoms with Gasteiger partial charge in [-0.15, -0.1) is 0 Å². The smallest absolute Gasteiger partial charge is 0.120 e. The van der Waals surface area contributed by atoms with Crippen LogP contribution in [0.5, 0.6) is 11.5 Å². The minimum Gasteiger partial charge on any atom is -0.494 e. The van der Waals surface area contributed by atoms with Crippen molar-refractivity contribution in [1.29, 1.82) is 10.5 Å². The first-order chi connectivity index (χ1) is 15.3. The number of ether oxygens (including phenoxy) is 2. The van der Waals surface area contributed by atoms with Crippen molar-refractivity contribution >= 4 is 0 Å². The van der Waals surface area contributed by atoms with Crippen molar-refractivity contribution in [3.8, 4) is 23.6 Å². The molecule has 2 aromatic carbocycles. The van der Waals surface area contributed by atoms with E-state index in [-0.39, 0.29) is 0 Å². The summed E-state index contributed by atoms with van der Waals surface area (Å²) in [6, 6.07) is 18.9. The maximum absolute atomic E-state index is 8.96. The summed E-state index contributed by atoms with van der Waals surface area (Å²) in [5.41, 5.74) is 1.26. The molecule has 0 aromatic heterocycles. The third-order valence-corrected chi connectivity index (χ3v) is 5.38. The number of nitrogens with zero attached hydrogens (tertiary/aromatic N) is 4. The zero-order valence-electron chi connectivity index (χ0n) is 18.0. The summed E-state index contributed by atoms with van der Waals surface area (Å²) in [5.74, 6) is 1.53. The first-order valence-electron chi connectivity index (χ1n) is 11.0. The highest BCUT2D eigenvalue weighted by Gasteiger charge is 2.14. The van der Waals surface area contributed by atoms with Gasteiger partial charge in [0.1, 0.15) is 11.5 Å². The maximum atomic E-state index is 8.96. The van der Waals surface area contributed by atoms with Crippen LogP contribution in [0.25, 0.3) is 0 Å². The molecule has 1 saturated heterocycles. The van der Waals surface area contributed by atoms with Crippen molar-refractivity contribution in [2.24, 2.45) is 0 Å². The minimum atomic E-state index is 0.631. The Hall–Kier alpha value is -3.06. The van der Waals surface area contributed by atoms with Gasteiger partial charge in [0, 0.05) is 26.2 Å². The molecule has 6 heteroatoms. The average Bonchev–Trinajstić information content (AvgIpc) is 3.05. The Morgan fingerprint density at radius 1 is 0.710 bits per heavy atom. The van der Waals surface area contributed by atoms with Crippen molar-refractivity contribution in [1.82, 2.24) is 9.80 Å². The van der Waals surface area contributed by atoms with Crippen LogP contribution in [0.3, 0.4) is 0 Å². The molecule has 0 radical (unpaired) electrons. The van der Waals surface area contributed by atoms with Gasteiger partial charge in [-0.05, 0) is 68.8 Å². The van der Waals surface area contributed by atoms with Gasteiger partial charge < -0.3 is 19.3 Å². The van der Waals surface area contributed by atoms with Crippen LogP contribution >= 0.6 is 0 Å². The molecule has 0 bridgehead atoms. The van der Waals surface area contributed by atoms with E-state index >= 15 is 0 Å². The number of benzene rings is 2. The van der Waals surface area contributed by atoms with Crippen molar-refractivity contribution in [3.05, 3.63) is 59.7 Å². The normalized spacial score (nSPS) is 14.9. The van der Waals surface area contributed by atoms with Gasteiger partial charge in [0.15, 0.2) is 0 Å². The van der Waals surface area contributed by atoms with Gasteiger partial charge in [-0.2, -0.15) is 10.5 Å². The molecule has 3 rings (SSSR count). The van der Waals surface area contributed by atoms with Crippen LogP contribution in [0.2, 0.25) is 0 Å². The van der Waals surface area contributed by atoms with E-state index in [2.05, 4.69) is 21.9 Å². The monoisotopic (exact) mass is 418 g/mol. The van der Waals surface area contributed by atoms with Gasteiger partial charge >= 0.3 is 0 Å². The summed E-state index contributed by atoms with van der Waals surface area (Å²) in [7, 11) is 0. The van der Waals surface area contributed by atoms with Crippen LogP contribution in [-0.2, 0) is 0 Å². The predicted molar refractivity (Wildman–Crippen MR) is 120 cm³/mol. The number of rotatable bonds is 10. The molecule has 0 amide bonds. The average molecular weight is 419 g/mol. The molecule has 0 N–H and O–H groups in total. The van der Waals surface area contributed by atoms with E-state index in [1.165, 1.54) is 6.42 Å². The van der Waals surface area contributed by atoms with Crippen LogP contribution in [0.4, 0.5) is 0 Å². The Morgan fingerprint density at radius 2 is 1.19 bits per heavy atom. The predicted octanol–water partition coefficient (Wildman–Crippen LogP) is 3.68. The molecular formula is C25H30N4O2. The molecule has 162 valence electrons. The van der Waals surface area contributed by atoms with Gasteiger partial charge in [-0.3, -0.25) is 0 Å². The molecule has 0 aliphatic carbocycles. The maximum Gasteiger partial charge on any atom is 0.120 e. The molecule has 6 nitrogen and oxygen atoms in total. The van der Waals surface area contributed by atoms with Crippen LogP contribution in [0.15, 0.2) is 48.5 Å². The first kappa shape index (κ1) is 22.6. The lowest BCUT2D eigenvalue weighted by atomic mass is 10.2. The molecule has 31 heavy (non-hydrogen) atoms. The second kappa shape index (κ2) is 12.6. The van der Waals surface area contributed by atoms with Gasteiger partial charge in [-0.25, -0.2) is 0 Å². The molecule has 0 atom stereocenters. The van der Waals surface area contributed by atoms with E-state index in [1.54, 1.807) is 24.3 Å². The van der Waals surface area contributed by atoms with Crippen LogP contribution in [-0.4, -0.2) is 62.3 Å². The van der Waals surface area contributed by atoms with Crippen LogP contribution in [0, 0.1) is 22.7 Å². The summed E-state index contributed by atoms with van der Waals surface area (Å²) in [5, 5.41) is 17.9. The zero-order chi connectivity index (χ0) is 21.7. The third kappa shape index (κ3) is 7.94. The quantitative estimate of drug-likeness (QED) is 0.548. The minimum absolute atomic E-state index is 0.631. The molecule has 0 saturated carbocycles.